The molecule has 1 aliphatic heterocycles. The predicted molar refractivity (Wildman–Crippen MR) is 157 cm³/mol. The van der Waals surface area contributed by atoms with Crippen LogP contribution < -0.4 is 15.4 Å². The lowest BCUT2D eigenvalue weighted by Gasteiger charge is -2.17. The Morgan fingerprint density at radius 1 is 1.00 bits per heavy atom. The number of aromatic nitrogens is 1. The van der Waals surface area contributed by atoms with Crippen LogP contribution in [-0.2, 0) is 6.18 Å². The summed E-state index contributed by atoms with van der Waals surface area (Å²) in [6, 6.07) is 8.53. The molecule has 44 heavy (non-hydrogen) atoms. The van der Waals surface area contributed by atoms with Gasteiger partial charge in [-0.05, 0) is 68.1 Å². The van der Waals surface area contributed by atoms with E-state index in [1.165, 1.54) is 19.2 Å². The number of methoxy groups -OCH3 is 1. The number of alkyl halides is 3. The van der Waals surface area contributed by atoms with E-state index in [2.05, 4.69) is 15.6 Å². The number of carbonyl (C=O) groups excluding carboxylic acids is 3. The van der Waals surface area contributed by atoms with Gasteiger partial charge in [-0.3, -0.25) is 19.4 Å². The Hall–Kier alpha value is -4.52. The number of amides is 3. The van der Waals surface area contributed by atoms with Crippen molar-refractivity contribution in [1.29, 1.82) is 0 Å². The van der Waals surface area contributed by atoms with Gasteiger partial charge in [0.2, 0.25) is 0 Å². The maximum absolute atomic E-state index is 13.9. The van der Waals surface area contributed by atoms with E-state index < -0.39 is 29.4 Å². The van der Waals surface area contributed by atoms with Crippen LogP contribution in [0, 0.1) is 5.82 Å². The number of nitrogens with one attached hydrogen (secondary N) is 2. The summed E-state index contributed by atoms with van der Waals surface area (Å²) >= 11 is 1.04. The molecule has 0 atom stereocenters. The molecule has 0 bridgehead atoms. The second kappa shape index (κ2) is 11.5. The zero-order valence-electron chi connectivity index (χ0n) is 23.4. The number of hydrogen-bond donors (Lipinski definition) is 2. The first kappa shape index (κ1) is 29.5. The van der Waals surface area contributed by atoms with Gasteiger partial charge in [0.15, 0.2) is 0 Å². The van der Waals surface area contributed by atoms with Crippen molar-refractivity contribution in [2.24, 2.45) is 0 Å². The average molecular weight is 627 g/mol. The van der Waals surface area contributed by atoms with E-state index in [-0.39, 0.29) is 33.5 Å². The molecule has 2 N–H and O–H groups in total. The summed E-state index contributed by atoms with van der Waals surface area (Å²) in [5.74, 6) is -2.65. The van der Waals surface area contributed by atoms with Crippen LogP contribution in [0.3, 0.4) is 0 Å². The predicted octanol–water partition coefficient (Wildman–Crippen LogP) is 7.08. The Kier molecular flexibility index (Phi) is 7.74. The third-order valence-corrected chi connectivity index (χ3v) is 8.80. The zero-order chi connectivity index (χ0) is 31.2. The zero-order valence-corrected chi connectivity index (χ0v) is 24.2. The van der Waals surface area contributed by atoms with Crippen molar-refractivity contribution in [3.63, 3.8) is 0 Å². The number of benzene rings is 2. The van der Waals surface area contributed by atoms with Crippen molar-refractivity contribution in [3.05, 3.63) is 81.7 Å². The van der Waals surface area contributed by atoms with Crippen molar-refractivity contribution in [2.75, 3.05) is 30.8 Å². The Morgan fingerprint density at radius 3 is 2.43 bits per heavy atom. The fourth-order valence-corrected chi connectivity index (χ4v) is 6.28. The molecule has 3 heterocycles. The van der Waals surface area contributed by atoms with Crippen LogP contribution in [0.25, 0.3) is 10.1 Å². The van der Waals surface area contributed by atoms with E-state index in [1.54, 1.807) is 17.2 Å². The first-order valence-corrected chi connectivity index (χ1v) is 14.7. The van der Waals surface area contributed by atoms with Crippen LogP contribution in [0.15, 0.2) is 48.7 Å². The summed E-state index contributed by atoms with van der Waals surface area (Å²) in [5.41, 5.74) is -0.498. The van der Waals surface area contributed by atoms with Gasteiger partial charge in [0, 0.05) is 52.2 Å². The standard InChI is InChI=1S/C31H26F4N4O4S/c1-43-24-9-6-17(30(42)39-10-2-3-11-39)12-19(24)28(40)38-26-20-15-36-23(16-4-5-16)14-25(20)44-27(26)29(41)37-18-7-8-22(32)21(13-18)31(33,34)35/h6-9,12-16H,2-5,10-11H2,1H3,(H,37,41)(H,38,40). The Labute approximate surface area is 253 Å². The Bertz CT molecular complexity index is 1800. The highest BCUT2D eigenvalue weighted by Crippen LogP contribution is 2.43. The van der Waals surface area contributed by atoms with E-state index in [0.29, 0.717) is 46.8 Å². The molecule has 3 amide bonds. The summed E-state index contributed by atoms with van der Waals surface area (Å²) < 4.78 is 59.8. The second-order valence-corrected chi connectivity index (χ2v) is 11.8. The lowest BCUT2D eigenvalue weighted by Crippen LogP contribution is -2.28. The lowest BCUT2D eigenvalue weighted by molar-refractivity contribution is -0.139. The first-order chi connectivity index (χ1) is 21.0. The van der Waals surface area contributed by atoms with E-state index in [9.17, 15) is 31.9 Å². The molecule has 1 saturated heterocycles. The minimum absolute atomic E-state index is 0.00393. The Morgan fingerprint density at radius 2 is 1.75 bits per heavy atom. The van der Waals surface area contributed by atoms with E-state index in [4.69, 9.17) is 4.74 Å². The van der Waals surface area contributed by atoms with E-state index in [1.807, 2.05) is 6.07 Å². The molecule has 2 aromatic carbocycles. The highest BCUT2D eigenvalue weighted by Gasteiger charge is 2.35. The smallest absolute Gasteiger partial charge is 0.419 e. The van der Waals surface area contributed by atoms with Crippen LogP contribution in [0.2, 0.25) is 0 Å². The third kappa shape index (κ3) is 5.83. The van der Waals surface area contributed by atoms with E-state index in [0.717, 1.165) is 48.8 Å². The molecule has 6 rings (SSSR count). The number of thiophene rings is 1. The molecule has 0 spiro atoms. The number of anilines is 2. The number of carbonyl (C=O) groups is 3. The number of likely N-dealkylation sites (tertiary alicyclic amines) is 1. The summed E-state index contributed by atoms with van der Waals surface area (Å²) in [6.45, 7) is 1.25. The SMILES string of the molecule is COc1ccc(C(=O)N2CCCC2)cc1C(=O)Nc1c(C(=O)Nc2ccc(F)c(C(F)(F)F)c2)sc2cc(C3CC3)ncc12. The van der Waals surface area contributed by atoms with Gasteiger partial charge in [-0.2, -0.15) is 13.2 Å². The van der Waals surface area contributed by atoms with Gasteiger partial charge in [-0.1, -0.05) is 0 Å². The molecule has 8 nitrogen and oxygen atoms in total. The average Bonchev–Trinajstić information content (AvgIpc) is 3.58. The maximum Gasteiger partial charge on any atom is 0.419 e. The van der Waals surface area contributed by atoms with Crippen molar-refractivity contribution >= 4 is 50.5 Å². The Balaban J connectivity index is 1.36. The highest BCUT2D eigenvalue weighted by molar-refractivity contribution is 7.21. The molecule has 0 radical (unpaired) electrons. The molecule has 4 aromatic rings. The third-order valence-electron chi connectivity index (χ3n) is 7.65. The molecule has 1 saturated carbocycles. The number of halogens is 4. The van der Waals surface area contributed by atoms with Gasteiger partial charge in [0.1, 0.15) is 16.4 Å². The minimum Gasteiger partial charge on any atom is -0.496 e. The number of ether oxygens (including phenoxy) is 1. The quantitative estimate of drug-likeness (QED) is 0.214. The second-order valence-electron chi connectivity index (χ2n) is 10.7. The fraction of sp³-hybridized carbons (Fsp3) is 0.290. The van der Waals surface area contributed by atoms with Crippen LogP contribution in [0.4, 0.5) is 28.9 Å². The molecular formula is C31H26F4N4O4S. The summed E-state index contributed by atoms with van der Waals surface area (Å²) in [5, 5.41) is 5.61. The molecule has 2 aliphatic rings. The molecule has 228 valence electrons. The molecule has 0 unspecified atom stereocenters. The highest BCUT2D eigenvalue weighted by atomic mass is 32.1. The maximum atomic E-state index is 13.9. The number of hydrogen-bond acceptors (Lipinski definition) is 6. The molecular weight excluding hydrogens is 600 g/mol. The van der Waals surface area contributed by atoms with Crippen molar-refractivity contribution in [3.8, 4) is 5.75 Å². The van der Waals surface area contributed by atoms with Crippen LogP contribution >= 0.6 is 11.3 Å². The van der Waals surface area contributed by atoms with Gasteiger partial charge in [-0.25, -0.2) is 4.39 Å². The number of rotatable bonds is 7. The normalized spacial score (nSPS) is 15.0. The van der Waals surface area contributed by atoms with Crippen molar-refractivity contribution < 1.29 is 36.7 Å². The van der Waals surface area contributed by atoms with Crippen LogP contribution in [-0.4, -0.2) is 47.8 Å². The molecule has 2 aromatic heterocycles. The topological polar surface area (TPSA) is 101 Å². The van der Waals surface area contributed by atoms with Crippen LogP contribution in [0.1, 0.15) is 73.2 Å². The first-order valence-electron chi connectivity index (χ1n) is 13.9. The minimum atomic E-state index is -4.96. The number of nitrogens with zero attached hydrogens (tertiary/aromatic N) is 2. The fourth-order valence-electron chi connectivity index (χ4n) is 5.20. The van der Waals surface area contributed by atoms with Gasteiger partial charge >= 0.3 is 6.18 Å². The monoisotopic (exact) mass is 626 g/mol. The van der Waals surface area contributed by atoms with Gasteiger partial charge in [-0.15, -0.1) is 11.3 Å². The van der Waals surface area contributed by atoms with E-state index >= 15 is 0 Å². The summed E-state index contributed by atoms with van der Waals surface area (Å²) in [7, 11) is 1.38. The van der Waals surface area contributed by atoms with Gasteiger partial charge < -0.3 is 20.3 Å². The summed E-state index contributed by atoms with van der Waals surface area (Å²) in [4.78, 5) is 46.5. The number of pyridine rings is 1. The summed E-state index contributed by atoms with van der Waals surface area (Å²) in [6.07, 6.45) is 0.360. The largest absolute Gasteiger partial charge is 0.496 e. The van der Waals surface area contributed by atoms with Gasteiger partial charge in [0.05, 0.1) is 23.9 Å². The van der Waals surface area contributed by atoms with Crippen LogP contribution in [0.5, 0.6) is 5.75 Å². The van der Waals surface area contributed by atoms with Crippen molar-refractivity contribution in [1.82, 2.24) is 9.88 Å². The molecule has 1 aliphatic carbocycles. The lowest BCUT2D eigenvalue weighted by atomic mass is 10.1. The van der Waals surface area contributed by atoms with Crippen molar-refractivity contribution in [2.45, 2.75) is 37.8 Å². The molecule has 2 fully saturated rings. The number of fused-ring (bicyclic) bond motifs is 1. The van der Waals surface area contributed by atoms with Gasteiger partial charge in [0.25, 0.3) is 17.7 Å². The molecule has 13 heteroatoms.